The molecule has 0 atom stereocenters. The van der Waals surface area contributed by atoms with Crippen LogP contribution in [0.15, 0.2) is 35.7 Å². The average Bonchev–Trinajstić information content (AvgIpc) is 3.12. The fourth-order valence-electron chi connectivity index (χ4n) is 3.35. The van der Waals surface area contributed by atoms with Crippen molar-refractivity contribution in [3.05, 3.63) is 52.0 Å². The van der Waals surface area contributed by atoms with E-state index in [0.717, 1.165) is 29.8 Å². The number of benzene rings is 1. The van der Waals surface area contributed by atoms with Crippen LogP contribution in [0.2, 0.25) is 0 Å². The Kier molecular flexibility index (Phi) is 6.04. The van der Waals surface area contributed by atoms with E-state index in [9.17, 15) is 9.59 Å². The minimum absolute atomic E-state index is 0.296. The number of amides is 1. The zero-order valence-corrected chi connectivity index (χ0v) is 15.8. The van der Waals surface area contributed by atoms with Crippen molar-refractivity contribution in [2.24, 2.45) is 0 Å². The minimum atomic E-state index is -0.908. The molecule has 1 fully saturated rings. The van der Waals surface area contributed by atoms with Crippen LogP contribution in [0.5, 0.6) is 0 Å². The van der Waals surface area contributed by atoms with Gasteiger partial charge in [0.25, 0.3) is 5.91 Å². The Balaban J connectivity index is 1.71. The molecule has 2 aromatic rings. The molecule has 0 unspecified atom stereocenters. The molecule has 1 amide bonds. The van der Waals surface area contributed by atoms with Crippen LogP contribution in [-0.2, 0) is 16.0 Å². The second-order valence-electron chi connectivity index (χ2n) is 6.61. The summed E-state index contributed by atoms with van der Waals surface area (Å²) in [5.74, 6) is -0.622. The highest BCUT2D eigenvalue weighted by Crippen LogP contribution is 2.30. The van der Waals surface area contributed by atoms with Gasteiger partial charge < -0.3 is 10.1 Å². The number of rotatable bonds is 6. The molecule has 0 radical (unpaired) electrons. The molecule has 1 aromatic heterocycles. The zero-order valence-electron chi connectivity index (χ0n) is 15.0. The van der Waals surface area contributed by atoms with Gasteiger partial charge in [0.15, 0.2) is 0 Å². The highest BCUT2D eigenvalue weighted by Gasteiger charge is 2.42. The molecule has 1 aromatic carbocycles. The first kappa shape index (κ1) is 18.6. The standard InChI is InChI=1S/C20H24N2O3S/c1-2-25-19(24)20(11-7-4-8-12-20)22-18(23)16-14-26-17(21-16)13-15-9-5-3-6-10-15/h3,5-6,9-10,14H,2,4,7-8,11-13H2,1H3,(H,22,23). The van der Waals surface area contributed by atoms with Crippen LogP contribution >= 0.6 is 11.3 Å². The average molecular weight is 372 g/mol. The third kappa shape index (κ3) is 4.30. The van der Waals surface area contributed by atoms with Gasteiger partial charge in [-0.05, 0) is 25.3 Å². The fourth-order valence-corrected chi connectivity index (χ4v) is 4.16. The molecule has 0 saturated heterocycles. The minimum Gasteiger partial charge on any atom is -0.464 e. The second kappa shape index (κ2) is 8.45. The number of thiazole rings is 1. The Morgan fingerprint density at radius 1 is 1.19 bits per heavy atom. The van der Waals surface area contributed by atoms with Crippen LogP contribution in [0.25, 0.3) is 0 Å². The maximum atomic E-state index is 12.7. The Hall–Kier alpha value is -2.21. The number of nitrogens with one attached hydrogen (secondary N) is 1. The van der Waals surface area contributed by atoms with Crippen molar-refractivity contribution < 1.29 is 14.3 Å². The SMILES string of the molecule is CCOC(=O)C1(NC(=O)c2csc(Cc3ccccc3)n2)CCCCC1. The predicted octanol–water partition coefficient (Wildman–Crippen LogP) is 3.73. The summed E-state index contributed by atoms with van der Waals surface area (Å²) < 4.78 is 5.23. The molecular formula is C20H24N2O3S. The summed E-state index contributed by atoms with van der Waals surface area (Å²) in [6.45, 7) is 2.10. The van der Waals surface area contributed by atoms with Gasteiger partial charge in [0.2, 0.25) is 0 Å². The van der Waals surface area contributed by atoms with Gasteiger partial charge in [-0.1, -0.05) is 49.6 Å². The lowest BCUT2D eigenvalue weighted by molar-refractivity contribution is -0.152. The number of aromatic nitrogens is 1. The fraction of sp³-hybridized carbons (Fsp3) is 0.450. The van der Waals surface area contributed by atoms with Crippen molar-refractivity contribution in [2.75, 3.05) is 6.61 Å². The molecule has 1 aliphatic carbocycles. The molecule has 26 heavy (non-hydrogen) atoms. The summed E-state index contributed by atoms with van der Waals surface area (Å²) in [6, 6.07) is 10.0. The molecule has 0 bridgehead atoms. The Morgan fingerprint density at radius 3 is 2.62 bits per heavy atom. The van der Waals surface area contributed by atoms with Crippen LogP contribution in [0.4, 0.5) is 0 Å². The maximum Gasteiger partial charge on any atom is 0.331 e. The van der Waals surface area contributed by atoms with Gasteiger partial charge in [0.1, 0.15) is 11.2 Å². The van der Waals surface area contributed by atoms with Gasteiger partial charge in [-0.3, -0.25) is 4.79 Å². The van der Waals surface area contributed by atoms with Crippen LogP contribution in [0, 0.1) is 0 Å². The molecule has 0 spiro atoms. The number of nitrogens with zero attached hydrogens (tertiary/aromatic N) is 1. The van der Waals surface area contributed by atoms with E-state index < -0.39 is 5.54 Å². The Bertz CT molecular complexity index is 751. The van der Waals surface area contributed by atoms with E-state index >= 15 is 0 Å². The predicted molar refractivity (Wildman–Crippen MR) is 101 cm³/mol. The van der Waals surface area contributed by atoms with E-state index in [2.05, 4.69) is 10.3 Å². The largest absolute Gasteiger partial charge is 0.464 e. The van der Waals surface area contributed by atoms with E-state index in [1.807, 2.05) is 30.3 Å². The highest BCUT2D eigenvalue weighted by atomic mass is 32.1. The molecule has 1 heterocycles. The maximum absolute atomic E-state index is 12.7. The van der Waals surface area contributed by atoms with Crippen molar-refractivity contribution in [1.82, 2.24) is 10.3 Å². The molecular weight excluding hydrogens is 348 g/mol. The number of ether oxygens (including phenoxy) is 1. The van der Waals surface area contributed by atoms with E-state index in [0.29, 0.717) is 31.6 Å². The van der Waals surface area contributed by atoms with Crippen LogP contribution in [-0.4, -0.2) is 29.0 Å². The monoisotopic (exact) mass is 372 g/mol. The van der Waals surface area contributed by atoms with Crippen molar-refractivity contribution in [2.45, 2.75) is 51.0 Å². The second-order valence-corrected chi connectivity index (χ2v) is 7.55. The number of hydrogen-bond donors (Lipinski definition) is 1. The lowest BCUT2D eigenvalue weighted by Crippen LogP contribution is -2.56. The number of esters is 1. The summed E-state index contributed by atoms with van der Waals surface area (Å²) in [4.78, 5) is 29.7. The van der Waals surface area contributed by atoms with Crippen LogP contribution in [0.1, 0.15) is 60.1 Å². The first-order chi connectivity index (χ1) is 12.6. The molecule has 1 aliphatic rings. The van der Waals surface area contributed by atoms with Gasteiger partial charge in [0.05, 0.1) is 11.6 Å². The summed E-state index contributed by atoms with van der Waals surface area (Å²) in [7, 11) is 0. The number of hydrogen-bond acceptors (Lipinski definition) is 5. The Labute approximate surface area is 157 Å². The lowest BCUT2D eigenvalue weighted by Gasteiger charge is -2.35. The van der Waals surface area contributed by atoms with Crippen molar-refractivity contribution in [3.63, 3.8) is 0 Å². The number of carbonyl (C=O) groups is 2. The van der Waals surface area contributed by atoms with Crippen molar-refractivity contribution in [1.29, 1.82) is 0 Å². The van der Waals surface area contributed by atoms with Gasteiger partial charge in [-0.25, -0.2) is 9.78 Å². The van der Waals surface area contributed by atoms with Crippen LogP contribution < -0.4 is 5.32 Å². The van der Waals surface area contributed by atoms with E-state index in [4.69, 9.17) is 4.74 Å². The summed E-state index contributed by atoms with van der Waals surface area (Å²) in [5, 5.41) is 5.58. The van der Waals surface area contributed by atoms with Gasteiger partial charge in [0, 0.05) is 11.8 Å². The van der Waals surface area contributed by atoms with Crippen LogP contribution in [0.3, 0.4) is 0 Å². The molecule has 5 nitrogen and oxygen atoms in total. The van der Waals surface area contributed by atoms with E-state index in [-0.39, 0.29) is 11.9 Å². The highest BCUT2D eigenvalue weighted by molar-refractivity contribution is 7.09. The van der Waals surface area contributed by atoms with Gasteiger partial charge >= 0.3 is 5.97 Å². The lowest BCUT2D eigenvalue weighted by atomic mass is 9.81. The Morgan fingerprint density at radius 2 is 1.92 bits per heavy atom. The molecule has 138 valence electrons. The molecule has 0 aliphatic heterocycles. The van der Waals surface area contributed by atoms with Gasteiger partial charge in [-0.2, -0.15) is 0 Å². The smallest absolute Gasteiger partial charge is 0.331 e. The molecule has 1 saturated carbocycles. The summed E-state index contributed by atoms with van der Waals surface area (Å²) >= 11 is 1.46. The number of carbonyl (C=O) groups excluding carboxylic acids is 2. The third-order valence-electron chi connectivity index (χ3n) is 4.71. The van der Waals surface area contributed by atoms with Crippen molar-refractivity contribution in [3.8, 4) is 0 Å². The normalized spacial score (nSPS) is 16.0. The molecule has 6 heteroatoms. The van der Waals surface area contributed by atoms with Gasteiger partial charge in [-0.15, -0.1) is 11.3 Å². The van der Waals surface area contributed by atoms with E-state index in [1.165, 1.54) is 11.3 Å². The third-order valence-corrected chi connectivity index (χ3v) is 5.56. The van der Waals surface area contributed by atoms with Crippen molar-refractivity contribution >= 4 is 23.2 Å². The summed E-state index contributed by atoms with van der Waals surface area (Å²) in [5.41, 5.74) is 0.619. The van der Waals surface area contributed by atoms with E-state index in [1.54, 1.807) is 12.3 Å². The topological polar surface area (TPSA) is 68.3 Å². The molecule has 1 N–H and O–H groups in total. The summed E-state index contributed by atoms with van der Waals surface area (Å²) in [6.07, 6.45) is 4.85. The quantitative estimate of drug-likeness (QED) is 0.785. The molecule has 3 rings (SSSR count). The first-order valence-electron chi connectivity index (χ1n) is 9.11. The zero-order chi connectivity index (χ0) is 18.4. The first-order valence-corrected chi connectivity index (χ1v) is 9.99.